The minimum absolute atomic E-state index is 0.227. The van der Waals surface area contributed by atoms with Crippen LogP contribution in [0, 0.1) is 11.2 Å². The van der Waals surface area contributed by atoms with E-state index in [1.54, 1.807) is 6.07 Å². The van der Waals surface area contributed by atoms with Gasteiger partial charge < -0.3 is 5.32 Å². The third kappa shape index (κ3) is 3.15. The fourth-order valence-corrected chi connectivity index (χ4v) is 2.99. The fourth-order valence-electron chi connectivity index (χ4n) is 2.76. The molecule has 0 atom stereocenters. The number of ketones is 1. The summed E-state index contributed by atoms with van der Waals surface area (Å²) in [6.45, 7) is 3.84. The summed E-state index contributed by atoms with van der Waals surface area (Å²) in [5, 5.41) is 3.62. The number of hydrogen-bond acceptors (Lipinski definition) is 2. The molecule has 1 aliphatic rings. The molecule has 0 aromatic heterocycles. The maximum atomic E-state index is 13.0. The second kappa shape index (κ2) is 6.02. The predicted molar refractivity (Wildman–Crippen MR) is 74.9 cm³/mol. The summed E-state index contributed by atoms with van der Waals surface area (Å²) in [7, 11) is 0. The van der Waals surface area contributed by atoms with E-state index >= 15 is 0 Å². The zero-order valence-corrected chi connectivity index (χ0v) is 11.9. The summed E-state index contributed by atoms with van der Waals surface area (Å²) in [6.07, 6.45) is 2.90. The Balaban J connectivity index is 2.15. The van der Waals surface area contributed by atoms with E-state index in [-0.39, 0.29) is 17.0 Å². The number of Topliss-reactive ketones (excluding diaryl/α,β-unsaturated/α-hetero) is 1. The molecule has 0 amide bonds. The minimum atomic E-state index is -0.367. The number of benzene rings is 1. The van der Waals surface area contributed by atoms with Crippen molar-refractivity contribution in [2.45, 2.75) is 32.6 Å². The van der Waals surface area contributed by atoms with Gasteiger partial charge >= 0.3 is 0 Å². The Bertz CT molecular complexity index is 469. The van der Waals surface area contributed by atoms with Crippen LogP contribution in [-0.2, 0) is 11.2 Å². The number of carbonyl (C=O) groups is 1. The van der Waals surface area contributed by atoms with Gasteiger partial charge in [0.15, 0.2) is 0 Å². The van der Waals surface area contributed by atoms with Gasteiger partial charge in [-0.05, 0) is 50.0 Å². The topological polar surface area (TPSA) is 29.1 Å². The molecule has 1 fully saturated rings. The molecule has 1 N–H and O–H groups in total. The first kappa shape index (κ1) is 14.5. The van der Waals surface area contributed by atoms with Crippen molar-refractivity contribution in [1.29, 1.82) is 0 Å². The summed E-state index contributed by atoms with van der Waals surface area (Å²) >= 11 is 6.00. The van der Waals surface area contributed by atoms with Crippen LogP contribution in [0.3, 0.4) is 0 Å². The first-order valence-corrected chi connectivity index (χ1v) is 7.13. The SMILES string of the molecule is CCC1(C(=O)Cc2ccc(F)cc2Cl)CCNCC1. The van der Waals surface area contributed by atoms with Gasteiger partial charge in [-0.3, -0.25) is 4.79 Å². The van der Waals surface area contributed by atoms with Gasteiger partial charge in [0.2, 0.25) is 0 Å². The molecule has 2 nitrogen and oxygen atoms in total. The van der Waals surface area contributed by atoms with Crippen LogP contribution in [0.5, 0.6) is 0 Å². The molecule has 0 aliphatic carbocycles. The number of halogens is 2. The molecular weight excluding hydrogens is 265 g/mol. The largest absolute Gasteiger partial charge is 0.317 e. The molecule has 1 aliphatic heterocycles. The molecule has 0 saturated carbocycles. The first-order valence-electron chi connectivity index (χ1n) is 6.75. The summed E-state index contributed by atoms with van der Waals surface area (Å²) < 4.78 is 13.0. The Hall–Kier alpha value is -0.930. The molecule has 1 heterocycles. The lowest BCUT2D eigenvalue weighted by molar-refractivity contribution is -0.129. The van der Waals surface area contributed by atoms with Gasteiger partial charge in [0.25, 0.3) is 0 Å². The van der Waals surface area contributed by atoms with E-state index < -0.39 is 0 Å². The molecule has 19 heavy (non-hydrogen) atoms. The highest BCUT2D eigenvalue weighted by molar-refractivity contribution is 6.31. The van der Waals surface area contributed by atoms with Crippen LogP contribution in [0.25, 0.3) is 0 Å². The average molecular weight is 284 g/mol. The zero-order chi connectivity index (χ0) is 13.9. The number of carbonyl (C=O) groups excluding carboxylic acids is 1. The highest BCUT2D eigenvalue weighted by Gasteiger charge is 2.37. The van der Waals surface area contributed by atoms with E-state index in [2.05, 4.69) is 12.2 Å². The van der Waals surface area contributed by atoms with Gasteiger partial charge in [-0.2, -0.15) is 0 Å². The van der Waals surface area contributed by atoms with Crippen molar-refractivity contribution in [3.8, 4) is 0 Å². The van der Waals surface area contributed by atoms with Gasteiger partial charge in [-0.25, -0.2) is 4.39 Å². The lowest BCUT2D eigenvalue weighted by Crippen LogP contribution is -2.42. The smallest absolute Gasteiger partial charge is 0.143 e. The molecule has 0 spiro atoms. The summed E-state index contributed by atoms with van der Waals surface area (Å²) in [5.74, 6) is -0.140. The Morgan fingerprint density at radius 3 is 2.68 bits per heavy atom. The van der Waals surface area contributed by atoms with Crippen molar-refractivity contribution in [2.24, 2.45) is 5.41 Å². The molecule has 4 heteroatoms. The standard InChI is InChI=1S/C15H19ClFNO/c1-2-15(5-7-18-8-6-15)14(19)9-11-3-4-12(17)10-13(11)16/h3-4,10,18H,2,5-9H2,1H3. The summed E-state index contributed by atoms with van der Waals surface area (Å²) in [5.41, 5.74) is 0.489. The number of rotatable bonds is 4. The van der Waals surface area contributed by atoms with E-state index in [1.165, 1.54) is 12.1 Å². The Morgan fingerprint density at radius 1 is 1.42 bits per heavy atom. The highest BCUT2D eigenvalue weighted by Crippen LogP contribution is 2.35. The molecule has 104 valence electrons. The van der Waals surface area contributed by atoms with Crippen molar-refractivity contribution >= 4 is 17.4 Å². The van der Waals surface area contributed by atoms with Gasteiger partial charge in [0.05, 0.1) is 0 Å². The Labute approximate surface area is 118 Å². The van der Waals surface area contributed by atoms with Crippen molar-refractivity contribution in [3.05, 3.63) is 34.6 Å². The van der Waals surface area contributed by atoms with Gasteiger partial charge in [-0.1, -0.05) is 24.6 Å². The van der Waals surface area contributed by atoms with Crippen LogP contribution in [0.1, 0.15) is 31.7 Å². The zero-order valence-electron chi connectivity index (χ0n) is 11.1. The van der Waals surface area contributed by atoms with E-state index in [4.69, 9.17) is 11.6 Å². The number of hydrogen-bond donors (Lipinski definition) is 1. The van der Waals surface area contributed by atoms with Crippen LogP contribution in [0.2, 0.25) is 5.02 Å². The Morgan fingerprint density at radius 2 is 2.11 bits per heavy atom. The fraction of sp³-hybridized carbons (Fsp3) is 0.533. The quantitative estimate of drug-likeness (QED) is 0.918. The summed E-state index contributed by atoms with van der Waals surface area (Å²) in [6, 6.07) is 4.24. The summed E-state index contributed by atoms with van der Waals surface area (Å²) in [4.78, 5) is 12.6. The number of piperidine rings is 1. The molecule has 0 unspecified atom stereocenters. The van der Waals surface area contributed by atoms with Crippen molar-refractivity contribution in [1.82, 2.24) is 5.32 Å². The minimum Gasteiger partial charge on any atom is -0.317 e. The van der Waals surface area contributed by atoms with Crippen LogP contribution in [0.15, 0.2) is 18.2 Å². The van der Waals surface area contributed by atoms with Gasteiger partial charge in [0, 0.05) is 16.9 Å². The monoisotopic (exact) mass is 283 g/mol. The second-order valence-corrected chi connectivity index (χ2v) is 5.63. The third-order valence-electron chi connectivity index (χ3n) is 4.20. The molecule has 2 rings (SSSR count). The van der Waals surface area contributed by atoms with Crippen LogP contribution in [0.4, 0.5) is 4.39 Å². The molecule has 1 saturated heterocycles. The van der Waals surface area contributed by atoms with Crippen molar-refractivity contribution in [3.63, 3.8) is 0 Å². The molecule has 0 bridgehead atoms. The molecule has 1 aromatic rings. The lowest BCUT2D eigenvalue weighted by atomic mass is 9.72. The highest BCUT2D eigenvalue weighted by atomic mass is 35.5. The van der Waals surface area contributed by atoms with Crippen LogP contribution >= 0.6 is 11.6 Å². The normalized spacial score (nSPS) is 18.3. The molecule has 1 aromatic carbocycles. The van der Waals surface area contributed by atoms with Crippen molar-refractivity contribution < 1.29 is 9.18 Å². The van der Waals surface area contributed by atoms with E-state index in [1.807, 2.05) is 0 Å². The third-order valence-corrected chi connectivity index (χ3v) is 4.55. The van der Waals surface area contributed by atoms with E-state index in [0.717, 1.165) is 37.9 Å². The number of nitrogens with one attached hydrogen (secondary N) is 1. The average Bonchev–Trinajstić information content (AvgIpc) is 2.42. The van der Waals surface area contributed by atoms with Gasteiger partial charge in [-0.15, -0.1) is 0 Å². The predicted octanol–water partition coefficient (Wildman–Crippen LogP) is 3.37. The van der Waals surface area contributed by atoms with Crippen LogP contribution in [-0.4, -0.2) is 18.9 Å². The molecular formula is C15H19ClFNO. The van der Waals surface area contributed by atoms with E-state index in [9.17, 15) is 9.18 Å². The lowest BCUT2D eigenvalue weighted by Gasteiger charge is -2.35. The second-order valence-electron chi connectivity index (χ2n) is 5.22. The maximum Gasteiger partial charge on any atom is 0.143 e. The Kier molecular flexibility index (Phi) is 4.58. The first-order chi connectivity index (χ1) is 9.07. The van der Waals surface area contributed by atoms with Gasteiger partial charge in [0.1, 0.15) is 11.6 Å². The van der Waals surface area contributed by atoms with Crippen LogP contribution < -0.4 is 5.32 Å². The van der Waals surface area contributed by atoms with E-state index in [0.29, 0.717) is 11.4 Å². The van der Waals surface area contributed by atoms with Crippen molar-refractivity contribution in [2.75, 3.05) is 13.1 Å². The maximum absolute atomic E-state index is 13.0. The molecule has 0 radical (unpaired) electrons.